The van der Waals surface area contributed by atoms with E-state index in [1.807, 2.05) is 4.90 Å². The fraction of sp³-hybridized carbons (Fsp3) is 0.259. The molecule has 0 aromatic heterocycles. The fourth-order valence-corrected chi connectivity index (χ4v) is 4.63. The zero-order valence-corrected chi connectivity index (χ0v) is 20.3. The van der Waals surface area contributed by atoms with Crippen LogP contribution >= 0.6 is 0 Å². The molecule has 0 bridgehead atoms. The van der Waals surface area contributed by atoms with Crippen molar-refractivity contribution in [1.29, 1.82) is 0 Å². The molecule has 2 heterocycles. The van der Waals surface area contributed by atoms with Crippen LogP contribution < -0.4 is 9.80 Å². The number of anilines is 2. The first kappa shape index (κ1) is 25.5. The van der Waals surface area contributed by atoms with Crippen LogP contribution in [-0.4, -0.2) is 43.0 Å². The van der Waals surface area contributed by atoms with E-state index in [2.05, 4.69) is 9.89 Å². The van der Waals surface area contributed by atoms with Crippen molar-refractivity contribution in [3.63, 3.8) is 0 Å². The summed E-state index contributed by atoms with van der Waals surface area (Å²) < 4.78 is 74.0. The Hall–Kier alpha value is -4.15. The van der Waals surface area contributed by atoms with Crippen LogP contribution in [-0.2, 0) is 15.7 Å². The lowest BCUT2D eigenvalue weighted by Gasteiger charge is -2.44. The second-order valence-corrected chi connectivity index (χ2v) is 8.95. The summed E-state index contributed by atoms with van der Waals surface area (Å²) in [7, 11) is 0. The topological polar surface area (TPSA) is 48.4 Å². The highest BCUT2D eigenvalue weighted by molar-refractivity contribution is 6.00. The van der Waals surface area contributed by atoms with Gasteiger partial charge >= 0.3 is 12.1 Å². The van der Waals surface area contributed by atoms with Crippen LogP contribution in [0.15, 0.2) is 71.7 Å². The average molecular weight is 530 g/mol. The van der Waals surface area contributed by atoms with Crippen LogP contribution in [0.4, 0.5) is 39.0 Å². The van der Waals surface area contributed by atoms with Gasteiger partial charge in [-0.2, -0.15) is 13.2 Å². The summed E-state index contributed by atoms with van der Waals surface area (Å²) in [5.74, 6) is -1.36. The SMILES string of the molecule is CC(=O)OC1c2cc(F)ccc2N=C(N2CCN(c3ccc(F)cc3)CC2)N1c1cccc(C(F)(F)F)c1. The third kappa shape index (κ3) is 5.13. The molecule has 0 N–H and O–H groups in total. The summed E-state index contributed by atoms with van der Waals surface area (Å²) in [6.45, 7) is 3.07. The van der Waals surface area contributed by atoms with Gasteiger partial charge in [0, 0.05) is 50.0 Å². The highest BCUT2D eigenvalue weighted by Gasteiger charge is 2.39. The van der Waals surface area contributed by atoms with Gasteiger partial charge in [-0.3, -0.25) is 9.69 Å². The Balaban J connectivity index is 1.55. The maximum absolute atomic E-state index is 14.2. The van der Waals surface area contributed by atoms with Gasteiger partial charge in [0.2, 0.25) is 12.2 Å². The number of alkyl halides is 3. The molecule has 0 aliphatic carbocycles. The molecule has 3 aromatic rings. The van der Waals surface area contributed by atoms with Crippen LogP contribution in [0.25, 0.3) is 0 Å². The fourth-order valence-electron chi connectivity index (χ4n) is 4.63. The molecule has 5 rings (SSSR count). The van der Waals surface area contributed by atoms with Crippen molar-refractivity contribution in [2.75, 3.05) is 36.0 Å². The molecule has 2 aliphatic heterocycles. The highest BCUT2D eigenvalue weighted by atomic mass is 19.4. The van der Waals surface area contributed by atoms with Crippen molar-refractivity contribution < 1.29 is 31.5 Å². The Morgan fingerprint density at radius 2 is 1.53 bits per heavy atom. The van der Waals surface area contributed by atoms with Gasteiger partial charge in [0.15, 0.2) is 0 Å². The molecule has 0 spiro atoms. The summed E-state index contributed by atoms with van der Waals surface area (Å²) in [5, 5.41) is 0. The van der Waals surface area contributed by atoms with Gasteiger partial charge in [-0.15, -0.1) is 0 Å². The number of carbonyl (C=O) groups excluding carboxylic acids is 1. The van der Waals surface area contributed by atoms with Crippen LogP contribution in [0.2, 0.25) is 0 Å². The number of benzene rings is 3. The van der Waals surface area contributed by atoms with E-state index in [4.69, 9.17) is 4.74 Å². The molecule has 6 nitrogen and oxygen atoms in total. The Kier molecular flexibility index (Phi) is 6.68. The Morgan fingerprint density at radius 1 is 0.868 bits per heavy atom. The molecule has 1 saturated heterocycles. The molecule has 0 amide bonds. The normalized spacial score (nSPS) is 17.7. The smallest absolute Gasteiger partial charge is 0.416 e. The van der Waals surface area contributed by atoms with Crippen molar-refractivity contribution in [2.24, 2.45) is 4.99 Å². The molecule has 38 heavy (non-hydrogen) atoms. The van der Waals surface area contributed by atoms with Crippen molar-refractivity contribution in [3.8, 4) is 0 Å². The van der Waals surface area contributed by atoms with Gasteiger partial charge in [-0.25, -0.2) is 13.8 Å². The Bertz CT molecular complexity index is 1370. The number of rotatable bonds is 3. The molecular weight excluding hydrogens is 507 g/mol. The van der Waals surface area contributed by atoms with Gasteiger partial charge in [-0.1, -0.05) is 6.07 Å². The Morgan fingerprint density at radius 3 is 2.18 bits per heavy atom. The number of aliphatic imine (C=N–C) groups is 1. The second kappa shape index (κ2) is 9.96. The number of hydrogen-bond donors (Lipinski definition) is 0. The standard InChI is InChI=1S/C27H23F5N4O2/c1-17(37)38-25-23-16-20(29)7-10-24(23)33-26(36(25)22-4-2-3-18(15-22)27(30,31)32)35-13-11-34(12-14-35)21-8-5-19(28)6-9-21/h2-10,15-16,25H,11-14H2,1H3. The maximum atomic E-state index is 14.2. The lowest BCUT2D eigenvalue weighted by Crippen LogP contribution is -2.55. The number of guanidine groups is 1. The highest BCUT2D eigenvalue weighted by Crippen LogP contribution is 2.41. The number of ether oxygens (including phenoxy) is 1. The van der Waals surface area contributed by atoms with E-state index in [1.165, 1.54) is 48.2 Å². The minimum absolute atomic E-state index is 0.0840. The van der Waals surface area contributed by atoms with E-state index in [0.717, 1.165) is 23.9 Å². The molecule has 1 atom stereocenters. The molecule has 3 aromatic carbocycles. The van der Waals surface area contributed by atoms with Gasteiger partial charge in [0.05, 0.1) is 11.3 Å². The lowest BCUT2D eigenvalue weighted by atomic mass is 10.1. The van der Waals surface area contributed by atoms with Gasteiger partial charge in [-0.05, 0) is 60.7 Å². The monoisotopic (exact) mass is 530 g/mol. The first-order valence-corrected chi connectivity index (χ1v) is 11.9. The summed E-state index contributed by atoms with van der Waals surface area (Å²) >= 11 is 0. The van der Waals surface area contributed by atoms with E-state index < -0.39 is 29.8 Å². The second-order valence-electron chi connectivity index (χ2n) is 8.95. The van der Waals surface area contributed by atoms with E-state index in [-0.39, 0.29) is 23.0 Å². The molecule has 0 saturated carbocycles. The summed E-state index contributed by atoms with van der Waals surface area (Å²) in [5.41, 5.74) is 0.593. The number of piperazine rings is 1. The summed E-state index contributed by atoms with van der Waals surface area (Å²) in [4.78, 5) is 22.1. The molecule has 2 aliphatic rings. The quantitative estimate of drug-likeness (QED) is 0.313. The molecule has 0 radical (unpaired) electrons. The van der Waals surface area contributed by atoms with Crippen LogP contribution in [0.5, 0.6) is 0 Å². The maximum Gasteiger partial charge on any atom is 0.416 e. The van der Waals surface area contributed by atoms with Gasteiger partial charge in [0.25, 0.3) is 0 Å². The van der Waals surface area contributed by atoms with Crippen LogP contribution in [0.3, 0.4) is 0 Å². The molecule has 1 fully saturated rings. The zero-order valence-electron chi connectivity index (χ0n) is 20.3. The van der Waals surface area contributed by atoms with Gasteiger partial charge < -0.3 is 14.5 Å². The van der Waals surface area contributed by atoms with Crippen molar-refractivity contribution in [3.05, 3.63) is 89.5 Å². The first-order valence-electron chi connectivity index (χ1n) is 11.9. The number of nitrogens with zero attached hydrogens (tertiary/aromatic N) is 4. The first-order chi connectivity index (χ1) is 18.1. The number of hydrogen-bond acceptors (Lipinski definition) is 6. The molecular formula is C27H23F5N4O2. The van der Waals surface area contributed by atoms with Crippen LogP contribution in [0, 0.1) is 11.6 Å². The van der Waals surface area contributed by atoms with E-state index in [1.54, 1.807) is 12.1 Å². The van der Waals surface area contributed by atoms with E-state index >= 15 is 0 Å². The number of halogens is 5. The predicted molar refractivity (Wildman–Crippen MR) is 132 cm³/mol. The number of carbonyl (C=O) groups is 1. The molecule has 198 valence electrons. The zero-order chi connectivity index (χ0) is 27.0. The van der Waals surface area contributed by atoms with Crippen molar-refractivity contribution in [1.82, 2.24) is 4.90 Å². The minimum atomic E-state index is -4.61. The van der Waals surface area contributed by atoms with Crippen molar-refractivity contribution in [2.45, 2.75) is 19.3 Å². The van der Waals surface area contributed by atoms with E-state index in [9.17, 15) is 26.7 Å². The third-order valence-electron chi connectivity index (χ3n) is 6.41. The van der Waals surface area contributed by atoms with Gasteiger partial charge in [0.1, 0.15) is 11.6 Å². The largest absolute Gasteiger partial charge is 0.437 e. The minimum Gasteiger partial charge on any atom is -0.437 e. The third-order valence-corrected chi connectivity index (χ3v) is 6.41. The summed E-state index contributed by atoms with van der Waals surface area (Å²) in [6, 6.07) is 14.6. The predicted octanol–water partition coefficient (Wildman–Crippen LogP) is 5.88. The Labute approximate surface area is 215 Å². The number of fused-ring (bicyclic) bond motifs is 1. The van der Waals surface area contributed by atoms with Crippen LogP contribution in [0.1, 0.15) is 24.3 Å². The lowest BCUT2D eigenvalue weighted by molar-refractivity contribution is -0.146. The molecule has 1 unspecified atom stereocenters. The summed E-state index contributed by atoms with van der Waals surface area (Å²) in [6.07, 6.45) is -5.85. The van der Waals surface area contributed by atoms with E-state index in [0.29, 0.717) is 31.9 Å². The molecule has 11 heteroatoms. The van der Waals surface area contributed by atoms with Crippen molar-refractivity contribution >= 4 is 29.0 Å². The average Bonchev–Trinajstić information content (AvgIpc) is 2.88. The number of esters is 1.